The maximum atomic E-state index is 12.6. The predicted molar refractivity (Wildman–Crippen MR) is 103 cm³/mol. The van der Waals surface area contributed by atoms with Gasteiger partial charge < -0.3 is 5.32 Å². The lowest BCUT2D eigenvalue weighted by molar-refractivity contribution is 0.0650. The van der Waals surface area contributed by atoms with Crippen molar-refractivity contribution in [1.82, 2.24) is 10.2 Å². The fraction of sp³-hybridized carbons (Fsp3) is 0.0952. The number of amides is 3. The standard InChI is InChI=1S/C21H15ClN2O3/c22-16-7-5-13(6-8-16)19(25)23-9-10-24-20(26)17-11-14-3-1-2-4-15(14)12-18(17)21(24)27/h1-8,11-12H,9-10H2,(H,23,25). The van der Waals surface area contributed by atoms with Crippen LogP contribution in [0.15, 0.2) is 60.7 Å². The van der Waals surface area contributed by atoms with Crippen LogP contribution in [0.25, 0.3) is 10.8 Å². The van der Waals surface area contributed by atoms with Crippen LogP contribution in [0.5, 0.6) is 0 Å². The smallest absolute Gasteiger partial charge is 0.261 e. The van der Waals surface area contributed by atoms with Gasteiger partial charge in [-0.15, -0.1) is 0 Å². The molecule has 5 nitrogen and oxygen atoms in total. The Bertz CT molecular complexity index is 1020. The number of fused-ring (bicyclic) bond motifs is 2. The Labute approximate surface area is 160 Å². The molecule has 1 N–H and O–H groups in total. The fourth-order valence-electron chi connectivity index (χ4n) is 3.16. The number of hydrogen-bond acceptors (Lipinski definition) is 3. The quantitative estimate of drug-likeness (QED) is 0.706. The van der Waals surface area contributed by atoms with Gasteiger partial charge in [0, 0.05) is 23.7 Å². The Balaban J connectivity index is 1.46. The number of carbonyl (C=O) groups is 3. The van der Waals surface area contributed by atoms with E-state index in [4.69, 9.17) is 11.6 Å². The van der Waals surface area contributed by atoms with Crippen molar-refractivity contribution in [3.63, 3.8) is 0 Å². The second-order valence-electron chi connectivity index (χ2n) is 6.27. The summed E-state index contributed by atoms with van der Waals surface area (Å²) in [5.41, 5.74) is 1.28. The van der Waals surface area contributed by atoms with E-state index < -0.39 is 0 Å². The molecule has 1 heterocycles. The molecule has 0 aliphatic carbocycles. The van der Waals surface area contributed by atoms with Crippen molar-refractivity contribution < 1.29 is 14.4 Å². The summed E-state index contributed by atoms with van der Waals surface area (Å²) in [6.45, 7) is 0.286. The molecule has 0 radical (unpaired) electrons. The van der Waals surface area contributed by atoms with Crippen molar-refractivity contribution in [2.45, 2.75) is 0 Å². The second kappa shape index (κ2) is 6.85. The molecular weight excluding hydrogens is 364 g/mol. The molecule has 0 fully saturated rings. The minimum absolute atomic E-state index is 0.113. The molecule has 4 rings (SSSR count). The third-order valence-corrected chi connectivity index (χ3v) is 4.82. The predicted octanol–water partition coefficient (Wildman–Crippen LogP) is 3.52. The van der Waals surface area contributed by atoms with E-state index in [1.54, 1.807) is 36.4 Å². The van der Waals surface area contributed by atoms with Gasteiger partial charge in [-0.05, 0) is 47.2 Å². The van der Waals surface area contributed by atoms with E-state index in [-0.39, 0.29) is 30.8 Å². The van der Waals surface area contributed by atoms with E-state index in [1.165, 1.54) is 4.90 Å². The molecule has 0 atom stereocenters. The first kappa shape index (κ1) is 17.2. The summed E-state index contributed by atoms with van der Waals surface area (Å²) in [6, 6.07) is 17.6. The zero-order chi connectivity index (χ0) is 19.0. The van der Waals surface area contributed by atoms with Gasteiger partial charge in [-0.25, -0.2) is 0 Å². The van der Waals surface area contributed by atoms with Crippen LogP contribution in [0.2, 0.25) is 5.02 Å². The molecule has 0 saturated heterocycles. The highest BCUT2D eigenvalue weighted by Gasteiger charge is 2.35. The summed E-state index contributed by atoms with van der Waals surface area (Å²) in [5.74, 6) is -0.947. The average molecular weight is 379 g/mol. The summed E-state index contributed by atoms with van der Waals surface area (Å²) >= 11 is 5.81. The average Bonchev–Trinajstić information content (AvgIpc) is 2.91. The SMILES string of the molecule is O=C(NCCN1C(=O)c2cc3ccccc3cc2C1=O)c1ccc(Cl)cc1. The van der Waals surface area contributed by atoms with Gasteiger partial charge in [0.2, 0.25) is 0 Å². The number of carbonyl (C=O) groups excluding carboxylic acids is 3. The third-order valence-electron chi connectivity index (χ3n) is 4.56. The lowest BCUT2D eigenvalue weighted by atomic mass is 10.0. The number of halogens is 1. The minimum atomic E-state index is -0.332. The normalized spacial score (nSPS) is 13.1. The summed E-state index contributed by atoms with van der Waals surface area (Å²) < 4.78 is 0. The molecule has 3 aromatic rings. The molecule has 0 spiro atoms. The van der Waals surface area contributed by atoms with Crippen LogP contribution in [0, 0.1) is 0 Å². The van der Waals surface area contributed by atoms with Gasteiger partial charge in [0.05, 0.1) is 11.1 Å². The van der Waals surface area contributed by atoms with Gasteiger partial charge in [0.1, 0.15) is 0 Å². The van der Waals surface area contributed by atoms with Crippen LogP contribution in [0.4, 0.5) is 0 Å². The molecule has 6 heteroatoms. The van der Waals surface area contributed by atoms with Crippen molar-refractivity contribution in [3.8, 4) is 0 Å². The number of hydrogen-bond donors (Lipinski definition) is 1. The molecule has 1 aliphatic heterocycles. The zero-order valence-electron chi connectivity index (χ0n) is 14.2. The lowest BCUT2D eigenvalue weighted by Gasteiger charge is -2.14. The molecule has 1 aliphatic rings. The van der Waals surface area contributed by atoms with E-state index in [9.17, 15) is 14.4 Å². The Morgan fingerprint density at radius 2 is 1.44 bits per heavy atom. The van der Waals surface area contributed by atoms with Crippen LogP contribution in [-0.2, 0) is 0 Å². The monoisotopic (exact) mass is 378 g/mol. The third kappa shape index (κ3) is 3.17. The summed E-state index contributed by atoms with van der Waals surface area (Å²) in [7, 11) is 0. The first-order valence-corrected chi connectivity index (χ1v) is 8.85. The van der Waals surface area contributed by atoms with E-state index >= 15 is 0 Å². The Hall–Kier alpha value is -3.18. The molecule has 3 aromatic carbocycles. The van der Waals surface area contributed by atoms with E-state index in [2.05, 4.69) is 5.32 Å². The molecule has 3 amide bonds. The highest BCUT2D eigenvalue weighted by molar-refractivity contribution is 6.30. The van der Waals surface area contributed by atoms with Crippen molar-refractivity contribution in [2.75, 3.05) is 13.1 Å². The van der Waals surface area contributed by atoms with Gasteiger partial charge in [-0.2, -0.15) is 0 Å². The summed E-state index contributed by atoms with van der Waals surface area (Å²) in [6.07, 6.45) is 0. The van der Waals surface area contributed by atoms with Crippen LogP contribution in [-0.4, -0.2) is 35.7 Å². The summed E-state index contributed by atoms with van der Waals surface area (Å²) in [5, 5.41) is 5.09. The summed E-state index contributed by atoms with van der Waals surface area (Å²) in [4.78, 5) is 38.5. The van der Waals surface area contributed by atoms with Gasteiger partial charge in [-0.1, -0.05) is 35.9 Å². The molecular formula is C21H15ClN2O3. The number of nitrogens with zero attached hydrogens (tertiary/aromatic N) is 1. The van der Waals surface area contributed by atoms with Gasteiger partial charge >= 0.3 is 0 Å². The van der Waals surface area contributed by atoms with Crippen LogP contribution in [0.1, 0.15) is 31.1 Å². The largest absolute Gasteiger partial charge is 0.350 e. The minimum Gasteiger partial charge on any atom is -0.350 e. The van der Waals surface area contributed by atoms with Gasteiger partial charge in [0.25, 0.3) is 17.7 Å². The highest BCUT2D eigenvalue weighted by atomic mass is 35.5. The van der Waals surface area contributed by atoms with E-state index in [0.29, 0.717) is 21.7 Å². The number of nitrogens with one attached hydrogen (secondary N) is 1. The first-order valence-electron chi connectivity index (χ1n) is 8.47. The Kier molecular flexibility index (Phi) is 4.38. The fourth-order valence-corrected chi connectivity index (χ4v) is 3.29. The highest BCUT2D eigenvalue weighted by Crippen LogP contribution is 2.27. The molecule has 134 valence electrons. The maximum absolute atomic E-state index is 12.6. The lowest BCUT2D eigenvalue weighted by Crippen LogP contribution is -2.38. The first-order chi connectivity index (χ1) is 13.0. The molecule has 27 heavy (non-hydrogen) atoms. The van der Waals surface area contributed by atoms with Crippen molar-refractivity contribution in [2.24, 2.45) is 0 Å². The zero-order valence-corrected chi connectivity index (χ0v) is 15.0. The molecule has 0 bridgehead atoms. The van der Waals surface area contributed by atoms with E-state index in [0.717, 1.165) is 10.8 Å². The van der Waals surface area contributed by atoms with Crippen LogP contribution < -0.4 is 5.32 Å². The Morgan fingerprint density at radius 3 is 2.00 bits per heavy atom. The number of benzene rings is 3. The maximum Gasteiger partial charge on any atom is 0.261 e. The molecule has 0 aromatic heterocycles. The van der Waals surface area contributed by atoms with Gasteiger partial charge in [-0.3, -0.25) is 19.3 Å². The molecule has 0 saturated carbocycles. The van der Waals surface area contributed by atoms with E-state index in [1.807, 2.05) is 24.3 Å². The van der Waals surface area contributed by atoms with Crippen molar-refractivity contribution in [3.05, 3.63) is 82.4 Å². The topological polar surface area (TPSA) is 66.5 Å². The van der Waals surface area contributed by atoms with Crippen molar-refractivity contribution >= 4 is 40.1 Å². The number of rotatable bonds is 4. The second-order valence-corrected chi connectivity index (χ2v) is 6.71. The van der Waals surface area contributed by atoms with Gasteiger partial charge in [0.15, 0.2) is 0 Å². The Morgan fingerprint density at radius 1 is 0.889 bits per heavy atom. The van der Waals surface area contributed by atoms with Crippen LogP contribution in [0.3, 0.4) is 0 Å². The van der Waals surface area contributed by atoms with Crippen LogP contribution >= 0.6 is 11.6 Å². The van der Waals surface area contributed by atoms with Crippen molar-refractivity contribution in [1.29, 1.82) is 0 Å². The molecule has 0 unspecified atom stereocenters. The number of imide groups is 1.